The third-order valence-corrected chi connectivity index (χ3v) is 1.60. The Kier molecular flexibility index (Phi) is 1.28. The summed E-state index contributed by atoms with van der Waals surface area (Å²) in [5.41, 5.74) is 1.46. The highest BCUT2D eigenvalue weighted by Crippen LogP contribution is 2.16. The number of carbonyl (C=O) groups excluding carboxylic acids is 1. The molecule has 0 fully saturated rings. The highest BCUT2D eigenvalue weighted by Gasteiger charge is 2.19. The molecule has 0 aromatic heterocycles. The molecule has 0 radical (unpaired) electrons. The number of carbonyl (C=O) groups is 1. The minimum Gasteiger partial charge on any atom is -0.491 e. The summed E-state index contributed by atoms with van der Waals surface area (Å²) in [6, 6.07) is 0. The maximum Gasteiger partial charge on any atom is 0.202 e. The van der Waals surface area contributed by atoms with E-state index < -0.39 is 0 Å². The van der Waals surface area contributed by atoms with E-state index in [2.05, 4.69) is 5.32 Å². The van der Waals surface area contributed by atoms with Crippen LogP contribution in [0.5, 0.6) is 0 Å². The molecule has 2 aliphatic rings. The molecule has 2 aliphatic heterocycles. The maximum atomic E-state index is 11.1. The van der Waals surface area contributed by atoms with Crippen molar-refractivity contribution in [3.8, 4) is 0 Å². The molecule has 0 unspecified atom stereocenters. The molecule has 0 aromatic rings. The Morgan fingerprint density at radius 1 is 1.55 bits per heavy atom. The normalized spacial score (nSPS) is 20.9. The number of fused-ring (bicyclic) bond motifs is 1. The van der Waals surface area contributed by atoms with Gasteiger partial charge in [0, 0.05) is 11.8 Å². The van der Waals surface area contributed by atoms with Gasteiger partial charge in [0.15, 0.2) is 6.61 Å². The quantitative estimate of drug-likeness (QED) is 0.544. The second-order valence-electron chi connectivity index (χ2n) is 2.35. The molecule has 56 valence electrons. The van der Waals surface area contributed by atoms with E-state index in [-0.39, 0.29) is 12.4 Å². The molecule has 0 spiro atoms. The topological polar surface area (TPSA) is 38.3 Å². The van der Waals surface area contributed by atoms with Crippen molar-refractivity contribution >= 4 is 5.78 Å². The number of hydrogen-bond donors (Lipinski definition) is 1. The fourth-order valence-electron chi connectivity index (χ4n) is 1.07. The number of ether oxygens (including phenoxy) is 1. The first-order valence-corrected chi connectivity index (χ1v) is 3.36. The van der Waals surface area contributed by atoms with Crippen LogP contribution in [0.3, 0.4) is 0 Å². The number of hydrogen-bond acceptors (Lipinski definition) is 3. The van der Waals surface area contributed by atoms with Gasteiger partial charge < -0.3 is 10.1 Å². The van der Waals surface area contributed by atoms with Gasteiger partial charge in [-0.25, -0.2) is 0 Å². The van der Waals surface area contributed by atoms with Crippen molar-refractivity contribution in [2.24, 2.45) is 0 Å². The standard InChI is InChI=1S/C8H7NO2/c10-8-5-11-4-7-6(8)2-1-3-9-7/h1-4,9H,5H2. The number of allylic oxidation sites excluding steroid dienone is 3. The summed E-state index contributed by atoms with van der Waals surface area (Å²) in [5.74, 6) is 0.0272. The van der Waals surface area contributed by atoms with Crippen molar-refractivity contribution in [2.45, 2.75) is 0 Å². The summed E-state index contributed by atoms with van der Waals surface area (Å²) in [7, 11) is 0. The van der Waals surface area contributed by atoms with Gasteiger partial charge in [0.1, 0.15) is 6.26 Å². The van der Waals surface area contributed by atoms with Crippen LogP contribution in [-0.2, 0) is 9.53 Å². The van der Waals surface area contributed by atoms with Gasteiger partial charge in [-0.2, -0.15) is 0 Å². The highest BCUT2D eigenvalue weighted by atomic mass is 16.5. The molecule has 11 heavy (non-hydrogen) atoms. The first-order valence-electron chi connectivity index (χ1n) is 3.36. The van der Waals surface area contributed by atoms with E-state index in [1.54, 1.807) is 24.6 Å². The van der Waals surface area contributed by atoms with E-state index in [0.29, 0.717) is 5.57 Å². The van der Waals surface area contributed by atoms with E-state index in [4.69, 9.17) is 4.74 Å². The van der Waals surface area contributed by atoms with Crippen molar-refractivity contribution in [3.05, 3.63) is 35.9 Å². The van der Waals surface area contributed by atoms with Gasteiger partial charge in [-0.3, -0.25) is 4.79 Å². The third kappa shape index (κ3) is 0.941. The molecule has 2 heterocycles. The molecule has 0 aromatic carbocycles. The SMILES string of the molecule is O=C1COC=C2NC=CC=C12. The second kappa shape index (κ2) is 2.27. The van der Waals surface area contributed by atoms with Crippen LogP contribution in [0.4, 0.5) is 0 Å². The summed E-state index contributed by atoms with van der Waals surface area (Å²) in [4.78, 5) is 11.1. The van der Waals surface area contributed by atoms with Crippen LogP contribution in [0, 0.1) is 0 Å². The Balaban J connectivity index is 2.43. The van der Waals surface area contributed by atoms with E-state index in [0.717, 1.165) is 5.70 Å². The third-order valence-electron chi connectivity index (χ3n) is 1.60. The fourth-order valence-corrected chi connectivity index (χ4v) is 1.07. The van der Waals surface area contributed by atoms with Gasteiger partial charge in [-0.05, 0) is 12.2 Å². The summed E-state index contributed by atoms with van der Waals surface area (Å²) in [6.45, 7) is 0.158. The van der Waals surface area contributed by atoms with Crippen molar-refractivity contribution in [1.29, 1.82) is 0 Å². The van der Waals surface area contributed by atoms with Crippen molar-refractivity contribution in [1.82, 2.24) is 5.32 Å². The lowest BCUT2D eigenvalue weighted by Gasteiger charge is -2.17. The molecular formula is C8H7NO2. The Morgan fingerprint density at radius 3 is 3.27 bits per heavy atom. The predicted octanol–water partition coefficient (Wildman–Crippen LogP) is 0.470. The van der Waals surface area contributed by atoms with Crippen LogP contribution in [0.1, 0.15) is 0 Å². The summed E-state index contributed by atoms with van der Waals surface area (Å²) < 4.78 is 4.90. The van der Waals surface area contributed by atoms with E-state index in [1.807, 2.05) is 0 Å². The largest absolute Gasteiger partial charge is 0.491 e. The number of rotatable bonds is 0. The molecule has 0 aliphatic carbocycles. The highest BCUT2D eigenvalue weighted by molar-refractivity contribution is 6.01. The van der Waals surface area contributed by atoms with Crippen LogP contribution in [0.15, 0.2) is 35.9 Å². The molecular weight excluding hydrogens is 142 g/mol. The first kappa shape index (κ1) is 6.22. The van der Waals surface area contributed by atoms with Crippen molar-refractivity contribution < 1.29 is 9.53 Å². The summed E-state index contributed by atoms with van der Waals surface area (Å²) in [6.07, 6.45) is 6.91. The lowest BCUT2D eigenvalue weighted by molar-refractivity contribution is -0.118. The molecule has 0 amide bonds. The van der Waals surface area contributed by atoms with Gasteiger partial charge in [-0.1, -0.05) is 0 Å². The Hall–Kier alpha value is -1.51. The zero-order chi connectivity index (χ0) is 7.68. The van der Waals surface area contributed by atoms with Gasteiger partial charge in [0.25, 0.3) is 0 Å². The molecule has 0 saturated heterocycles. The Bertz CT molecular complexity index is 286. The van der Waals surface area contributed by atoms with Gasteiger partial charge in [0.2, 0.25) is 5.78 Å². The first-order chi connectivity index (χ1) is 5.38. The minimum absolute atomic E-state index is 0.0272. The van der Waals surface area contributed by atoms with Gasteiger partial charge >= 0.3 is 0 Å². The monoisotopic (exact) mass is 149 g/mol. The van der Waals surface area contributed by atoms with Crippen LogP contribution in [-0.4, -0.2) is 12.4 Å². The predicted molar refractivity (Wildman–Crippen MR) is 39.4 cm³/mol. The van der Waals surface area contributed by atoms with Crippen molar-refractivity contribution in [3.63, 3.8) is 0 Å². The van der Waals surface area contributed by atoms with Crippen LogP contribution in [0.2, 0.25) is 0 Å². The number of nitrogens with one attached hydrogen (secondary N) is 1. The molecule has 0 bridgehead atoms. The average molecular weight is 149 g/mol. The number of Topliss-reactive ketones (excluding diaryl/α,β-unsaturated/α-hetero) is 1. The van der Waals surface area contributed by atoms with Crippen LogP contribution < -0.4 is 5.32 Å². The van der Waals surface area contributed by atoms with E-state index >= 15 is 0 Å². The lowest BCUT2D eigenvalue weighted by Crippen LogP contribution is -2.23. The molecule has 2 rings (SSSR count). The smallest absolute Gasteiger partial charge is 0.202 e. The molecule has 3 nitrogen and oxygen atoms in total. The molecule has 3 heteroatoms. The summed E-state index contributed by atoms with van der Waals surface area (Å²) >= 11 is 0. The van der Waals surface area contributed by atoms with Crippen LogP contribution >= 0.6 is 0 Å². The van der Waals surface area contributed by atoms with Crippen molar-refractivity contribution in [2.75, 3.05) is 6.61 Å². The fraction of sp³-hybridized carbons (Fsp3) is 0.125. The Morgan fingerprint density at radius 2 is 2.45 bits per heavy atom. The zero-order valence-electron chi connectivity index (χ0n) is 5.83. The zero-order valence-corrected chi connectivity index (χ0v) is 5.83. The molecule has 0 atom stereocenters. The molecule has 0 saturated carbocycles. The van der Waals surface area contributed by atoms with Crippen LogP contribution in [0.25, 0.3) is 0 Å². The summed E-state index contributed by atoms with van der Waals surface area (Å²) in [5, 5.41) is 2.92. The van der Waals surface area contributed by atoms with E-state index in [9.17, 15) is 4.79 Å². The number of dihydropyridines is 1. The van der Waals surface area contributed by atoms with Gasteiger partial charge in [0.05, 0.1) is 5.70 Å². The lowest BCUT2D eigenvalue weighted by atomic mass is 10.1. The van der Waals surface area contributed by atoms with E-state index in [1.165, 1.54) is 0 Å². The number of ketones is 1. The minimum atomic E-state index is 0.0272. The van der Waals surface area contributed by atoms with Gasteiger partial charge in [-0.15, -0.1) is 0 Å². The maximum absolute atomic E-state index is 11.1. The Labute approximate surface area is 64.0 Å². The second-order valence-corrected chi connectivity index (χ2v) is 2.35. The molecule has 1 N–H and O–H groups in total. The average Bonchev–Trinajstić information content (AvgIpc) is 2.06.